The zero-order valence-corrected chi connectivity index (χ0v) is 13.7. The first-order valence-corrected chi connectivity index (χ1v) is 8.14. The topological polar surface area (TPSA) is 17.8 Å². The van der Waals surface area contributed by atoms with Gasteiger partial charge in [0.05, 0.1) is 16.4 Å². The van der Waals surface area contributed by atoms with Gasteiger partial charge in [-0.05, 0) is 43.7 Å². The van der Waals surface area contributed by atoms with E-state index in [2.05, 4.69) is 16.5 Å². The number of imidazole rings is 1. The molecule has 1 aliphatic rings. The molecule has 1 heterocycles. The monoisotopic (exact) mass is 308 g/mol. The van der Waals surface area contributed by atoms with Crippen molar-refractivity contribution >= 4 is 22.6 Å². The standard InChI is InChI=1S/C17H22ClFN2/c1-11-8-15-14(9-13(11)19)20-16(12(2)18)21(15)10-17(3)6-4-5-7-17/h8-9,12H,4-7,10H2,1-3H3. The number of fused-ring (bicyclic) bond motifs is 1. The Balaban J connectivity index is 2.13. The van der Waals surface area contributed by atoms with Crippen LogP contribution in [0.2, 0.25) is 0 Å². The Morgan fingerprint density at radius 3 is 2.67 bits per heavy atom. The summed E-state index contributed by atoms with van der Waals surface area (Å²) in [6.07, 6.45) is 5.07. The van der Waals surface area contributed by atoms with Gasteiger partial charge in [0.15, 0.2) is 0 Å². The highest BCUT2D eigenvalue weighted by atomic mass is 35.5. The van der Waals surface area contributed by atoms with Gasteiger partial charge in [-0.3, -0.25) is 0 Å². The molecule has 1 unspecified atom stereocenters. The number of aromatic nitrogens is 2. The van der Waals surface area contributed by atoms with Gasteiger partial charge in [0, 0.05) is 12.6 Å². The molecule has 3 rings (SSSR count). The van der Waals surface area contributed by atoms with Crippen molar-refractivity contribution in [3.63, 3.8) is 0 Å². The van der Waals surface area contributed by atoms with E-state index >= 15 is 0 Å². The maximum absolute atomic E-state index is 13.8. The zero-order chi connectivity index (χ0) is 15.2. The van der Waals surface area contributed by atoms with Crippen LogP contribution < -0.4 is 0 Å². The highest BCUT2D eigenvalue weighted by Crippen LogP contribution is 2.40. The molecule has 0 bridgehead atoms. The summed E-state index contributed by atoms with van der Waals surface area (Å²) in [6.45, 7) is 6.98. The van der Waals surface area contributed by atoms with E-state index in [0.29, 0.717) is 16.5 Å². The lowest BCUT2D eigenvalue weighted by Crippen LogP contribution is -2.21. The van der Waals surface area contributed by atoms with E-state index in [0.717, 1.165) is 17.9 Å². The van der Waals surface area contributed by atoms with Crippen molar-refractivity contribution in [3.05, 3.63) is 29.3 Å². The lowest BCUT2D eigenvalue weighted by atomic mass is 9.88. The molecular formula is C17H22ClFN2. The number of alkyl halides is 1. The molecule has 0 radical (unpaired) electrons. The number of halogens is 2. The zero-order valence-electron chi connectivity index (χ0n) is 12.9. The van der Waals surface area contributed by atoms with Crippen LogP contribution >= 0.6 is 11.6 Å². The Bertz CT molecular complexity index is 669. The quantitative estimate of drug-likeness (QED) is 0.698. The minimum absolute atomic E-state index is 0.175. The van der Waals surface area contributed by atoms with Gasteiger partial charge in [0.25, 0.3) is 0 Å². The summed E-state index contributed by atoms with van der Waals surface area (Å²) in [5.74, 6) is 0.651. The molecule has 114 valence electrons. The maximum Gasteiger partial charge on any atom is 0.128 e. The van der Waals surface area contributed by atoms with Crippen molar-refractivity contribution in [2.45, 2.75) is 58.4 Å². The van der Waals surface area contributed by atoms with E-state index in [4.69, 9.17) is 11.6 Å². The molecule has 0 saturated heterocycles. The van der Waals surface area contributed by atoms with E-state index in [1.165, 1.54) is 31.7 Å². The maximum atomic E-state index is 13.8. The van der Waals surface area contributed by atoms with Crippen LogP contribution in [-0.2, 0) is 6.54 Å². The first-order valence-electron chi connectivity index (χ1n) is 7.70. The van der Waals surface area contributed by atoms with Crippen LogP contribution in [0.1, 0.15) is 56.3 Å². The summed E-state index contributed by atoms with van der Waals surface area (Å²) < 4.78 is 16.0. The minimum atomic E-state index is -0.201. The number of hydrogen-bond acceptors (Lipinski definition) is 1. The smallest absolute Gasteiger partial charge is 0.128 e. The third-order valence-electron chi connectivity index (χ3n) is 4.76. The number of aryl methyl sites for hydroxylation is 1. The Hall–Kier alpha value is -1.09. The molecule has 2 nitrogen and oxygen atoms in total. The number of rotatable bonds is 3. The first-order chi connectivity index (χ1) is 9.89. The van der Waals surface area contributed by atoms with Gasteiger partial charge >= 0.3 is 0 Å². The summed E-state index contributed by atoms with van der Waals surface area (Å²) in [4.78, 5) is 4.58. The highest BCUT2D eigenvalue weighted by molar-refractivity contribution is 6.20. The van der Waals surface area contributed by atoms with E-state index in [-0.39, 0.29) is 11.2 Å². The fourth-order valence-corrected chi connectivity index (χ4v) is 3.67. The molecule has 2 aromatic rings. The molecule has 1 saturated carbocycles. The molecule has 0 spiro atoms. The lowest BCUT2D eigenvalue weighted by molar-refractivity contribution is 0.281. The average Bonchev–Trinajstić information content (AvgIpc) is 2.97. The molecule has 21 heavy (non-hydrogen) atoms. The minimum Gasteiger partial charge on any atom is -0.326 e. The number of benzene rings is 1. The van der Waals surface area contributed by atoms with Gasteiger partial charge in [0.2, 0.25) is 0 Å². The van der Waals surface area contributed by atoms with Crippen molar-refractivity contribution in [1.82, 2.24) is 9.55 Å². The van der Waals surface area contributed by atoms with E-state index < -0.39 is 0 Å². The molecule has 0 amide bonds. The lowest BCUT2D eigenvalue weighted by Gasteiger charge is -2.26. The van der Waals surface area contributed by atoms with Crippen LogP contribution in [-0.4, -0.2) is 9.55 Å². The van der Waals surface area contributed by atoms with Gasteiger partial charge in [0.1, 0.15) is 11.6 Å². The van der Waals surface area contributed by atoms with Crippen molar-refractivity contribution in [3.8, 4) is 0 Å². The second-order valence-corrected chi connectivity index (χ2v) is 7.43. The van der Waals surface area contributed by atoms with Gasteiger partial charge in [-0.15, -0.1) is 11.6 Å². The Morgan fingerprint density at radius 2 is 2.05 bits per heavy atom. The van der Waals surface area contributed by atoms with Gasteiger partial charge in [-0.2, -0.15) is 0 Å². The fraction of sp³-hybridized carbons (Fsp3) is 0.588. The molecule has 0 aliphatic heterocycles. The Morgan fingerprint density at radius 1 is 1.38 bits per heavy atom. The van der Waals surface area contributed by atoms with Gasteiger partial charge in [-0.25, -0.2) is 9.37 Å². The van der Waals surface area contributed by atoms with Crippen LogP contribution in [0.15, 0.2) is 12.1 Å². The largest absolute Gasteiger partial charge is 0.326 e. The summed E-state index contributed by atoms with van der Waals surface area (Å²) in [6, 6.07) is 3.43. The number of nitrogens with zero attached hydrogens (tertiary/aromatic N) is 2. The van der Waals surface area contributed by atoms with Crippen molar-refractivity contribution in [1.29, 1.82) is 0 Å². The van der Waals surface area contributed by atoms with Gasteiger partial charge in [-0.1, -0.05) is 19.8 Å². The predicted molar refractivity (Wildman–Crippen MR) is 85.3 cm³/mol. The Labute approximate surface area is 130 Å². The molecule has 4 heteroatoms. The Kier molecular flexibility index (Phi) is 3.73. The van der Waals surface area contributed by atoms with Crippen LogP contribution in [0.3, 0.4) is 0 Å². The third-order valence-corrected chi connectivity index (χ3v) is 4.96. The molecule has 1 aliphatic carbocycles. The summed E-state index contributed by atoms with van der Waals surface area (Å²) in [5, 5.41) is -0.175. The molecule has 1 aromatic heterocycles. The molecular weight excluding hydrogens is 287 g/mol. The van der Waals surface area contributed by atoms with Crippen LogP contribution in [0.5, 0.6) is 0 Å². The van der Waals surface area contributed by atoms with Crippen LogP contribution in [0, 0.1) is 18.2 Å². The fourth-order valence-electron chi connectivity index (χ4n) is 3.51. The number of hydrogen-bond donors (Lipinski definition) is 0. The second-order valence-electron chi connectivity index (χ2n) is 6.78. The normalized spacial score (nSPS) is 19.3. The second kappa shape index (κ2) is 5.28. The summed E-state index contributed by atoms with van der Waals surface area (Å²) in [5.41, 5.74) is 2.68. The molecule has 0 N–H and O–H groups in total. The van der Waals surface area contributed by atoms with E-state index in [9.17, 15) is 4.39 Å². The van der Waals surface area contributed by atoms with Crippen molar-refractivity contribution in [2.24, 2.45) is 5.41 Å². The average molecular weight is 309 g/mol. The molecule has 1 aromatic carbocycles. The molecule has 1 atom stereocenters. The van der Waals surface area contributed by atoms with Crippen LogP contribution in [0.25, 0.3) is 11.0 Å². The predicted octanol–water partition coefficient (Wildman–Crippen LogP) is 5.36. The third kappa shape index (κ3) is 2.68. The highest BCUT2D eigenvalue weighted by Gasteiger charge is 2.31. The summed E-state index contributed by atoms with van der Waals surface area (Å²) in [7, 11) is 0. The van der Waals surface area contributed by atoms with Crippen LogP contribution in [0.4, 0.5) is 4.39 Å². The first kappa shape index (κ1) is 14.8. The SMILES string of the molecule is Cc1cc2c(cc1F)nc(C(C)Cl)n2CC1(C)CCCC1. The summed E-state index contributed by atoms with van der Waals surface area (Å²) >= 11 is 6.31. The molecule has 1 fully saturated rings. The van der Waals surface area contributed by atoms with E-state index in [1.807, 2.05) is 13.0 Å². The van der Waals surface area contributed by atoms with Crippen molar-refractivity contribution < 1.29 is 4.39 Å². The van der Waals surface area contributed by atoms with Gasteiger partial charge < -0.3 is 4.57 Å². The van der Waals surface area contributed by atoms with E-state index in [1.54, 1.807) is 6.92 Å². The van der Waals surface area contributed by atoms with Crippen molar-refractivity contribution in [2.75, 3.05) is 0 Å².